The maximum atomic E-state index is 13.0. The highest BCUT2D eigenvalue weighted by Crippen LogP contribution is 2.61. The molecule has 0 aromatic rings. The van der Waals surface area contributed by atoms with Crippen molar-refractivity contribution in [3.63, 3.8) is 0 Å². The molecule has 6 heteroatoms. The van der Waals surface area contributed by atoms with Crippen LogP contribution in [0.5, 0.6) is 0 Å². The van der Waals surface area contributed by atoms with Gasteiger partial charge in [0.05, 0.1) is 0 Å². The van der Waals surface area contributed by atoms with E-state index in [9.17, 15) is 19.5 Å². The summed E-state index contributed by atoms with van der Waals surface area (Å²) in [7, 11) is 0. The minimum absolute atomic E-state index is 0.0674. The zero-order chi connectivity index (χ0) is 18.2. The van der Waals surface area contributed by atoms with Crippen LogP contribution in [0.3, 0.4) is 0 Å². The Labute approximate surface area is 149 Å². The number of aliphatic carboxylic acids is 1. The normalized spacial score (nSPS) is 33.8. The van der Waals surface area contributed by atoms with Crippen LogP contribution in [0, 0.1) is 23.2 Å². The minimum atomic E-state index is -0.998. The van der Waals surface area contributed by atoms with Gasteiger partial charge < -0.3 is 15.3 Å². The molecule has 4 saturated carbocycles. The first-order chi connectivity index (χ1) is 11.8. The summed E-state index contributed by atoms with van der Waals surface area (Å²) in [5.41, 5.74) is 0.0936. The van der Waals surface area contributed by atoms with Crippen LogP contribution in [0.4, 0.5) is 0 Å². The second-order valence-corrected chi connectivity index (χ2v) is 8.68. The van der Waals surface area contributed by atoms with Crippen molar-refractivity contribution in [2.75, 3.05) is 13.1 Å². The average molecular weight is 350 g/mol. The molecular weight excluding hydrogens is 320 g/mol. The number of nitrogens with one attached hydrogen (secondary N) is 1. The molecule has 6 nitrogen and oxygen atoms in total. The van der Waals surface area contributed by atoms with Crippen LogP contribution < -0.4 is 5.32 Å². The molecule has 4 fully saturated rings. The topological polar surface area (TPSA) is 86.7 Å². The molecule has 1 unspecified atom stereocenters. The lowest BCUT2D eigenvalue weighted by atomic mass is 9.49. The lowest BCUT2D eigenvalue weighted by Crippen LogP contribution is -2.51. The van der Waals surface area contributed by atoms with E-state index in [0.717, 1.165) is 37.0 Å². The second-order valence-electron chi connectivity index (χ2n) is 8.68. The summed E-state index contributed by atoms with van der Waals surface area (Å²) < 4.78 is 0. The molecule has 0 aromatic heterocycles. The number of carboxylic acid groups (broad SMARTS) is 1. The molecule has 0 saturated heterocycles. The number of carbonyl (C=O) groups excluding carboxylic acids is 2. The average Bonchev–Trinajstić information content (AvgIpc) is 2.48. The highest BCUT2D eigenvalue weighted by molar-refractivity contribution is 5.84. The predicted molar refractivity (Wildman–Crippen MR) is 92.7 cm³/mol. The number of carboxylic acids is 1. The van der Waals surface area contributed by atoms with Gasteiger partial charge in [-0.3, -0.25) is 9.59 Å². The molecule has 2 N–H and O–H groups in total. The smallest absolute Gasteiger partial charge is 0.326 e. The van der Waals surface area contributed by atoms with Crippen LogP contribution in [0.2, 0.25) is 0 Å². The van der Waals surface area contributed by atoms with E-state index in [1.807, 2.05) is 0 Å². The number of nitrogens with zero attached hydrogens (tertiary/aromatic N) is 1. The fourth-order valence-corrected chi connectivity index (χ4v) is 5.95. The van der Waals surface area contributed by atoms with E-state index < -0.39 is 12.0 Å². The quantitative estimate of drug-likeness (QED) is 0.735. The van der Waals surface area contributed by atoms with E-state index in [1.165, 1.54) is 31.1 Å². The molecule has 2 amide bonds. The van der Waals surface area contributed by atoms with Gasteiger partial charge in [-0.25, -0.2) is 4.79 Å². The van der Waals surface area contributed by atoms with Gasteiger partial charge in [-0.15, -0.1) is 0 Å². The van der Waals surface area contributed by atoms with E-state index in [1.54, 1.807) is 6.92 Å². The van der Waals surface area contributed by atoms with Crippen LogP contribution in [-0.4, -0.2) is 46.9 Å². The molecule has 140 valence electrons. The molecule has 25 heavy (non-hydrogen) atoms. The molecule has 0 spiro atoms. The van der Waals surface area contributed by atoms with Crippen LogP contribution in [0.25, 0.3) is 0 Å². The molecule has 4 aliphatic rings. The Hall–Kier alpha value is -1.59. The van der Waals surface area contributed by atoms with Gasteiger partial charge in [0.2, 0.25) is 11.8 Å². The second kappa shape index (κ2) is 6.96. The molecule has 4 bridgehead atoms. The zero-order valence-corrected chi connectivity index (χ0v) is 15.3. The molecule has 0 aliphatic heterocycles. The number of hydrogen-bond acceptors (Lipinski definition) is 3. The largest absolute Gasteiger partial charge is 0.480 e. The Morgan fingerprint density at radius 2 is 1.64 bits per heavy atom. The van der Waals surface area contributed by atoms with Crippen LogP contribution >= 0.6 is 0 Å². The molecule has 4 rings (SSSR count). The summed E-state index contributed by atoms with van der Waals surface area (Å²) in [6, 6.07) is -0.866. The molecule has 0 aromatic carbocycles. The van der Waals surface area contributed by atoms with Crippen molar-refractivity contribution in [3.8, 4) is 0 Å². The maximum Gasteiger partial charge on any atom is 0.326 e. The van der Waals surface area contributed by atoms with Crippen molar-refractivity contribution in [1.82, 2.24) is 10.2 Å². The lowest BCUT2D eigenvalue weighted by Gasteiger charge is -2.57. The molecule has 0 heterocycles. The van der Waals surface area contributed by atoms with Gasteiger partial charge in [-0.1, -0.05) is 0 Å². The van der Waals surface area contributed by atoms with Gasteiger partial charge in [-0.2, -0.15) is 0 Å². The maximum absolute atomic E-state index is 13.0. The fourth-order valence-electron chi connectivity index (χ4n) is 5.95. The van der Waals surface area contributed by atoms with Crippen molar-refractivity contribution in [1.29, 1.82) is 0 Å². The summed E-state index contributed by atoms with van der Waals surface area (Å²) in [6.07, 6.45) is 7.83. The predicted octanol–water partition coefficient (Wildman–Crippen LogP) is 2.03. The van der Waals surface area contributed by atoms with Crippen molar-refractivity contribution in [3.05, 3.63) is 0 Å². The Morgan fingerprint density at radius 3 is 2.08 bits per heavy atom. The summed E-state index contributed by atoms with van der Waals surface area (Å²) in [5.74, 6) is 1.07. The van der Waals surface area contributed by atoms with Gasteiger partial charge in [0.1, 0.15) is 6.04 Å². The zero-order valence-electron chi connectivity index (χ0n) is 15.3. The van der Waals surface area contributed by atoms with Gasteiger partial charge in [0.25, 0.3) is 0 Å². The monoisotopic (exact) mass is 350 g/mol. The summed E-state index contributed by atoms with van der Waals surface area (Å²) in [4.78, 5) is 36.9. The van der Waals surface area contributed by atoms with Crippen LogP contribution in [0.1, 0.15) is 58.8 Å². The first-order valence-corrected chi connectivity index (χ1v) is 9.55. The number of hydrogen-bond donors (Lipinski definition) is 2. The van der Waals surface area contributed by atoms with E-state index in [0.29, 0.717) is 13.0 Å². The Balaban J connectivity index is 1.67. The fraction of sp³-hybridized carbons (Fsp3) is 0.842. The number of rotatable bonds is 7. The Kier molecular flexibility index (Phi) is 5.07. The van der Waals surface area contributed by atoms with Gasteiger partial charge in [0, 0.05) is 26.4 Å². The van der Waals surface area contributed by atoms with Crippen molar-refractivity contribution < 1.29 is 19.5 Å². The van der Waals surface area contributed by atoms with E-state index in [4.69, 9.17) is 0 Å². The summed E-state index contributed by atoms with van der Waals surface area (Å²) in [6.45, 7) is 3.51. The van der Waals surface area contributed by atoms with Crippen molar-refractivity contribution >= 4 is 17.8 Å². The van der Waals surface area contributed by atoms with Gasteiger partial charge in [-0.05, 0) is 68.6 Å². The lowest BCUT2D eigenvalue weighted by molar-refractivity contribution is -0.153. The van der Waals surface area contributed by atoms with E-state index in [-0.39, 0.29) is 23.8 Å². The third-order valence-electron chi connectivity index (χ3n) is 6.56. The standard InChI is InChI=1S/C19H30N2O4/c1-12(18(24)25)21(4-3-20-13(2)22)17(23)11-19-8-14-5-15(9-19)7-16(6-14)10-19/h12,14-16H,3-11H2,1-2H3,(H,20,22)(H,24,25). The third kappa shape index (κ3) is 3.98. The third-order valence-corrected chi connectivity index (χ3v) is 6.56. The summed E-state index contributed by atoms with van der Waals surface area (Å²) >= 11 is 0. The van der Waals surface area contributed by atoms with Crippen LogP contribution in [-0.2, 0) is 14.4 Å². The Bertz CT molecular complexity index is 524. The number of carbonyl (C=O) groups is 3. The van der Waals surface area contributed by atoms with Gasteiger partial charge >= 0.3 is 5.97 Å². The summed E-state index contributed by atoms with van der Waals surface area (Å²) in [5, 5.41) is 12.0. The van der Waals surface area contributed by atoms with Crippen molar-refractivity contribution in [2.45, 2.75) is 64.8 Å². The Morgan fingerprint density at radius 1 is 1.12 bits per heavy atom. The first kappa shape index (κ1) is 18.2. The van der Waals surface area contributed by atoms with Crippen molar-refractivity contribution in [2.24, 2.45) is 23.2 Å². The SMILES string of the molecule is CC(=O)NCCN(C(=O)CC12CC3CC(CC(C3)C1)C2)C(C)C(=O)O. The highest BCUT2D eigenvalue weighted by atomic mass is 16.4. The highest BCUT2D eigenvalue weighted by Gasteiger charge is 2.52. The first-order valence-electron chi connectivity index (χ1n) is 9.55. The van der Waals surface area contributed by atoms with Crippen LogP contribution in [0.15, 0.2) is 0 Å². The molecule has 0 radical (unpaired) electrons. The van der Waals surface area contributed by atoms with E-state index in [2.05, 4.69) is 5.32 Å². The number of amides is 2. The molecule has 4 aliphatic carbocycles. The molecular formula is C19H30N2O4. The minimum Gasteiger partial charge on any atom is -0.480 e. The van der Waals surface area contributed by atoms with Gasteiger partial charge in [0.15, 0.2) is 0 Å². The molecule has 1 atom stereocenters. The van der Waals surface area contributed by atoms with E-state index >= 15 is 0 Å².